The highest BCUT2D eigenvalue weighted by Crippen LogP contribution is 2.23. The van der Waals surface area contributed by atoms with Crippen molar-refractivity contribution in [3.05, 3.63) is 59.9 Å². The number of benzene rings is 2. The van der Waals surface area contributed by atoms with Gasteiger partial charge in [-0.2, -0.15) is 0 Å². The molecular weight excluding hydrogens is 407 g/mol. The van der Waals surface area contributed by atoms with Crippen molar-refractivity contribution < 1.29 is 14.2 Å². The molecule has 1 heterocycles. The predicted molar refractivity (Wildman–Crippen MR) is 128 cm³/mol. The Balaban J connectivity index is 1.49. The molecule has 1 saturated heterocycles. The van der Waals surface area contributed by atoms with E-state index >= 15 is 0 Å². The van der Waals surface area contributed by atoms with Gasteiger partial charge in [0.1, 0.15) is 17.7 Å². The molecule has 32 heavy (non-hydrogen) atoms. The summed E-state index contributed by atoms with van der Waals surface area (Å²) in [5.41, 5.74) is 2.36. The van der Waals surface area contributed by atoms with Crippen LogP contribution in [0.1, 0.15) is 32.3 Å². The van der Waals surface area contributed by atoms with Crippen LogP contribution in [0.25, 0.3) is 0 Å². The van der Waals surface area contributed by atoms with Crippen molar-refractivity contribution in [2.75, 3.05) is 37.7 Å². The Bertz CT molecular complexity index is 851. The average Bonchev–Trinajstić information content (AvgIpc) is 2.81. The van der Waals surface area contributed by atoms with E-state index in [0.29, 0.717) is 31.4 Å². The second kappa shape index (κ2) is 12.3. The number of rotatable bonds is 9. The molecule has 7 heteroatoms. The molecule has 0 aliphatic carbocycles. The monoisotopic (exact) mass is 442 g/mol. The number of hydrogen-bond donors (Lipinski definition) is 3. The molecule has 2 aromatic rings. The van der Waals surface area contributed by atoms with Gasteiger partial charge in [-0.1, -0.05) is 18.2 Å². The maximum Gasteiger partial charge on any atom is 0.191 e. The first kappa shape index (κ1) is 23.9. The average molecular weight is 443 g/mol. The van der Waals surface area contributed by atoms with Gasteiger partial charge in [0, 0.05) is 38.0 Å². The Morgan fingerprint density at radius 2 is 1.94 bits per heavy atom. The van der Waals surface area contributed by atoms with Crippen LogP contribution in [0, 0.1) is 11.7 Å². The van der Waals surface area contributed by atoms with E-state index in [4.69, 9.17) is 4.74 Å². The quantitative estimate of drug-likeness (QED) is 0.409. The summed E-state index contributed by atoms with van der Waals surface area (Å²) >= 11 is 0. The topological polar surface area (TPSA) is 69.1 Å². The van der Waals surface area contributed by atoms with Gasteiger partial charge in [0.05, 0.1) is 13.1 Å². The summed E-state index contributed by atoms with van der Waals surface area (Å²) < 4.78 is 19.1. The van der Waals surface area contributed by atoms with E-state index < -0.39 is 0 Å². The standard InChI is InChI=1S/C25H35FN4O2/c1-3-27-25(28-16-19(2)32-24-6-4-5-22(26)15-24)29-17-20-7-9-23(10-8-20)30-13-11-21(18-31)12-14-30/h4-10,15,19,21,31H,3,11-14,16-18H2,1-2H3,(H2,27,28,29). The van der Waals surface area contributed by atoms with Gasteiger partial charge in [0.2, 0.25) is 0 Å². The number of aliphatic hydroxyl groups is 1. The van der Waals surface area contributed by atoms with Crippen LogP contribution in [-0.2, 0) is 6.54 Å². The first-order valence-corrected chi connectivity index (χ1v) is 11.5. The van der Waals surface area contributed by atoms with Gasteiger partial charge in [-0.3, -0.25) is 0 Å². The van der Waals surface area contributed by atoms with Crippen LogP contribution < -0.4 is 20.3 Å². The van der Waals surface area contributed by atoms with Crippen LogP contribution in [0.4, 0.5) is 10.1 Å². The molecule has 6 nitrogen and oxygen atoms in total. The Morgan fingerprint density at radius 3 is 2.59 bits per heavy atom. The number of halogens is 1. The molecule has 1 aliphatic heterocycles. The largest absolute Gasteiger partial charge is 0.489 e. The van der Waals surface area contributed by atoms with E-state index in [1.165, 1.54) is 17.8 Å². The number of hydrogen-bond acceptors (Lipinski definition) is 4. The molecule has 0 saturated carbocycles. The fourth-order valence-electron chi connectivity index (χ4n) is 3.75. The van der Waals surface area contributed by atoms with Gasteiger partial charge in [0.25, 0.3) is 0 Å². The Morgan fingerprint density at radius 1 is 1.19 bits per heavy atom. The fraction of sp³-hybridized carbons (Fsp3) is 0.480. The third kappa shape index (κ3) is 7.41. The molecule has 3 N–H and O–H groups in total. The molecule has 0 amide bonds. The van der Waals surface area contributed by atoms with Crippen molar-refractivity contribution in [3.8, 4) is 5.75 Å². The molecule has 1 unspecified atom stereocenters. The molecule has 2 aromatic carbocycles. The minimum Gasteiger partial charge on any atom is -0.489 e. The highest BCUT2D eigenvalue weighted by molar-refractivity contribution is 5.79. The van der Waals surface area contributed by atoms with Crippen LogP contribution in [-0.4, -0.2) is 50.0 Å². The lowest BCUT2D eigenvalue weighted by Crippen LogP contribution is -2.41. The molecule has 1 atom stereocenters. The van der Waals surface area contributed by atoms with E-state index in [0.717, 1.165) is 44.0 Å². The van der Waals surface area contributed by atoms with Gasteiger partial charge in [-0.15, -0.1) is 0 Å². The summed E-state index contributed by atoms with van der Waals surface area (Å²) in [5, 5.41) is 15.8. The van der Waals surface area contributed by atoms with Crippen molar-refractivity contribution in [2.24, 2.45) is 10.9 Å². The number of piperidine rings is 1. The Labute approximate surface area is 190 Å². The van der Waals surface area contributed by atoms with Crippen molar-refractivity contribution in [2.45, 2.75) is 39.3 Å². The molecule has 174 valence electrons. The number of aliphatic imine (C=N–C) groups is 1. The first-order valence-electron chi connectivity index (χ1n) is 11.5. The van der Waals surface area contributed by atoms with E-state index in [2.05, 4.69) is 44.8 Å². The Hall–Kier alpha value is -2.80. The molecular formula is C25H35FN4O2. The summed E-state index contributed by atoms with van der Waals surface area (Å²) in [6.45, 7) is 8.12. The number of nitrogens with one attached hydrogen (secondary N) is 2. The summed E-state index contributed by atoms with van der Waals surface area (Å²) in [7, 11) is 0. The second-order valence-electron chi connectivity index (χ2n) is 8.24. The highest BCUT2D eigenvalue weighted by atomic mass is 19.1. The van der Waals surface area contributed by atoms with Gasteiger partial charge in [0.15, 0.2) is 5.96 Å². The maximum atomic E-state index is 13.3. The lowest BCUT2D eigenvalue weighted by atomic mass is 9.97. The smallest absolute Gasteiger partial charge is 0.191 e. The zero-order valence-electron chi connectivity index (χ0n) is 19.1. The zero-order chi connectivity index (χ0) is 22.8. The maximum absolute atomic E-state index is 13.3. The van der Waals surface area contributed by atoms with E-state index in [9.17, 15) is 9.50 Å². The number of aliphatic hydroxyl groups excluding tert-OH is 1. The van der Waals surface area contributed by atoms with Crippen LogP contribution in [0.15, 0.2) is 53.5 Å². The fourth-order valence-corrected chi connectivity index (χ4v) is 3.75. The number of nitrogens with zero attached hydrogens (tertiary/aromatic N) is 2. The van der Waals surface area contributed by atoms with Crippen LogP contribution in [0.3, 0.4) is 0 Å². The number of guanidine groups is 1. The number of anilines is 1. The summed E-state index contributed by atoms with van der Waals surface area (Å²) in [5.74, 6) is 1.37. The number of ether oxygens (including phenoxy) is 1. The van der Waals surface area contributed by atoms with Crippen LogP contribution in [0.2, 0.25) is 0 Å². The van der Waals surface area contributed by atoms with Crippen LogP contribution >= 0.6 is 0 Å². The van der Waals surface area contributed by atoms with Crippen LogP contribution in [0.5, 0.6) is 5.75 Å². The lowest BCUT2D eigenvalue weighted by Gasteiger charge is -2.32. The zero-order valence-corrected chi connectivity index (χ0v) is 19.1. The SMILES string of the molecule is CCNC(=NCc1ccc(N2CCC(CO)CC2)cc1)NCC(C)Oc1cccc(F)c1. The van der Waals surface area contributed by atoms with E-state index in [-0.39, 0.29) is 11.9 Å². The van der Waals surface area contributed by atoms with Gasteiger partial charge < -0.3 is 25.4 Å². The molecule has 0 spiro atoms. The lowest BCUT2D eigenvalue weighted by molar-refractivity contribution is 0.203. The van der Waals surface area contributed by atoms with Gasteiger partial charge in [-0.05, 0) is 62.4 Å². The van der Waals surface area contributed by atoms with Crippen molar-refractivity contribution in [1.82, 2.24) is 10.6 Å². The summed E-state index contributed by atoms with van der Waals surface area (Å²) in [6, 6.07) is 14.7. The first-order chi connectivity index (χ1) is 15.6. The molecule has 3 rings (SSSR count). The van der Waals surface area contributed by atoms with E-state index in [1.807, 2.05) is 13.8 Å². The second-order valence-corrected chi connectivity index (χ2v) is 8.24. The minimum atomic E-state index is -0.307. The highest BCUT2D eigenvalue weighted by Gasteiger charge is 2.18. The molecule has 0 bridgehead atoms. The normalized spacial score (nSPS) is 16.0. The summed E-state index contributed by atoms with van der Waals surface area (Å²) in [4.78, 5) is 7.06. The van der Waals surface area contributed by atoms with Gasteiger partial charge >= 0.3 is 0 Å². The third-order valence-electron chi connectivity index (χ3n) is 5.63. The predicted octanol–water partition coefficient (Wildman–Crippen LogP) is 3.56. The van der Waals surface area contributed by atoms with Crippen molar-refractivity contribution >= 4 is 11.6 Å². The minimum absolute atomic E-state index is 0.144. The van der Waals surface area contributed by atoms with Crippen molar-refractivity contribution in [3.63, 3.8) is 0 Å². The molecule has 1 aliphatic rings. The molecule has 1 fully saturated rings. The summed E-state index contributed by atoms with van der Waals surface area (Å²) in [6.07, 6.45) is 1.94. The van der Waals surface area contributed by atoms with Crippen molar-refractivity contribution in [1.29, 1.82) is 0 Å². The Kier molecular flexibility index (Phi) is 9.16. The molecule has 0 aromatic heterocycles. The van der Waals surface area contributed by atoms with Gasteiger partial charge in [-0.25, -0.2) is 9.38 Å². The molecule has 0 radical (unpaired) electrons. The van der Waals surface area contributed by atoms with E-state index in [1.54, 1.807) is 12.1 Å². The third-order valence-corrected chi connectivity index (χ3v) is 5.63.